The van der Waals surface area contributed by atoms with Crippen LogP contribution in [0.4, 0.5) is 5.69 Å². The molecule has 0 amide bonds. The molecule has 0 bridgehead atoms. The molecule has 94 valence electrons. The smallest absolute Gasteiger partial charge is 0.112 e. The summed E-state index contributed by atoms with van der Waals surface area (Å²) in [4.78, 5) is 8.70. The minimum absolute atomic E-state index is 0.126. The van der Waals surface area contributed by atoms with E-state index in [9.17, 15) is 5.11 Å². The Morgan fingerprint density at radius 3 is 3.00 bits per heavy atom. The van der Waals surface area contributed by atoms with Crippen molar-refractivity contribution in [3.05, 3.63) is 29.0 Å². The summed E-state index contributed by atoms with van der Waals surface area (Å²) in [5.74, 6) is 0. The predicted molar refractivity (Wildman–Crippen MR) is 74.5 cm³/mol. The maximum absolute atomic E-state index is 9.86. The second kappa shape index (κ2) is 4.82. The fourth-order valence-electron chi connectivity index (χ4n) is 2.43. The van der Waals surface area contributed by atoms with Crippen molar-refractivity contribution >= 4 is 32.7 Å². The molecule has 1 aliphatic rings. The Bertz CT molecular complexity index is 575. The maximum atomic E-state index is 9.86. The van der Waals surface area contributed by atoms with Gasteiger partial charge in [-0.2, -0.15) is 0 Å². The Kier molecular flexibility index (Phi) is 3.18. The molecule has 2 heterocycles. The van der Waals surface area contributed by atoms with Crippen LogP contribution in [0.3, 0.4) is 0 Å². The van der Waals surface area contributed by atoms with Crippen LogP contribution < -0.4 is 5.32 Å². The Morgan fingerprint density at radius 2 is 2.22 bits per heavy atom. The molecule has 4 nitrogen and oxygen atoms in total. The average molecular weight is 308 g/mol. The highest BCUT2D eigenvalue weighted by Crippen LogP contribution is 2.27. The largest absolute Gasteiger partial charge is 0.391 e. The molecule has 3 rings (SSSR count). The van der Waals surface area contributed by atoms with Gasteiger partial charge in [-0.1, -0.05) is 0 Å². The SMILES string of the molecule is OC1CCCC1Nc1ccnc2cc(Br)cnc12. The molecule has 1 aliphatic carbocycles. The van der Waals surface area contributed by atoms with Gasteiger partial charge in [-0.3, -0.25) is 9.97 Å². The Hall–Kier alpha value is -1.20. The number of hydrogen-bond donors (Lipinski definition) is 2. The van der Waals surface area contributed by atoms with Gasteiger partial charge in [-0.05, 0) is 47.3 Å². The summed E-state index contributed by atoms with van der Waals surface area (Å²) >= 11 is 3.39. The number of aliphatic hydroxyl groups excluding tert-OH is 1. The lowest BCUT2D eigenvalue weighted by Crippen LogP contribution is -2.28. The van der Waals surface area contributed by atoms with E-state index in [1.54, 1.807) is 12.4 Å². The average Bonchev–Trinajstić information content (AvgIpc) is 2.75. The number of halogens is 1. The van der Waals surface area contributed by atoms with E-state index in [0.29, 0.717) is 0 Å². The molecule has 0 spiro atoms. The number of hydrogen-bond acceptors (Lipinski definition) is 4. The minimum Gasteiger partial charge on any atom is -0.391 e. The fraction of sp³-hybridized carbons (Fsp3) is 0.385. The van der Waals surface area contributed by atoms with E-state index in [2.05, 4.69) is 31.2 Å². The van der Waals surface area contributed by atoms with Crippen LogP contribution in [0.1, 0.15) is 19.3 Å². The molecule has 0 saturated heterocycles. The topological polar surface area (TPSA) is 58.0 Å². The summed E-state index contributed by atoms with van der Waals surface area (Å²) in [5, 5.41) is 13.2. The van der Waals surface area contributed by atoms with Gasteiger partial charge < -0.3 is 10.4 Å². The van der Waals surface area contributed by atoms with Gasteiger partial charge in [0.1, 0.15) is 5.52 Å². The lowest BCUT2D eigenvalue weighted by molar-refractivity contribution is 0.172. The number of rotatable bonds is 2. The normalized spacial score (nSPS) is 23.4. The monoisotopic (exact) mass is 307 g/mol. The van der Waals surface area contributed by atoms with E-state index in [1.807, 2.05) is 12.1 Å². The van der Waals surface area contributed by atoms with E-state index >= 15 is 0 Å². The Balaban J connectivity index is 1.96. The number of nitrogens with one attached hydrogen (secondary N) is 1. The van der Waals surface area contributed by atoms with Crippen LogP contribution in [0.25, 0.3) is 11.0 Å². The first kappa shape index (κ1) is 11.9. The molecule has 1 saturated carbocycles. The summed E-state index contributed by atoms with van der Waals surface area (Å²) in [6.07, 6.45) is 6.21. The van der Waals surface area contributed by atoms with Gasteiger partial charge in [-0.25, -0.2) is 0 Å². The van der Waals surface area contributed by atoms with Crippen molar-refractivity contribution < 1.29 is 5.11 Å². The first-order valence-electron chi connectivity index (χ1n) is 6.09. The van der Waals surface area contributed by atoms with Crippen LogP contribution in [0.5, 0.6) is 0 Å². The summed E-state index contributed by atoms with van der Waals surface area (Å²) in [6, 6.07) is 3.98. The zero-order valence-corrected chi connectivity index (χ0v) is 11.4. The third kappa shape index (κ3) is 2.20. The van der Waals surface area contributed by atoms with Crippen LogP contribution >= 0.6 is 15.9 Å². The highest BCUT2D eigenvalue weighted by Gasteiger charge is 2.25. The number of aromatic nitrogens is 2. The van der Waals surface area contributed by atoms with Gasteiger partial charge in [0.2, 0.25) is 0 Å². The van der Waals surface area contributed by atoms with Crippen LogP contribution in [-0.4, -0.2) is 27.2 Å². The first-order valence-corrected chi connectivity index (χ1v) is 6.88. The van der Waals surface area contributed by atoms with Gasteiger partial charge in [0.15, 0.2) is 0 Å². The van der Waals surface area contributed by atoms with E-state index in [1.165, 1.54) is 0 Å². The van der Waals surface area contributed by atoms with Gasteiger partial charge in [-0.15, -0.1) is 0 Å². The highest BCUT2D eigenvalue weighted by molar-refractivity contribution is 9.10. The molecule has 5 heteroatoms. The van der Waals surface area contributed by atoms with E-state index < -0.39 is 0 Å². The molecule has 0 aromatic carbocycles. The van der Waals surface area contributed by atoms with Crippen LogP contribution in [0, 0.1) is 0 Å². The fourth-order valence-corrected chi connectivity index (χ4v) is 2.75. The molecule has 2 atom stereocenters. The van der Waals surface area contributed by atoms with Gasteiger partial charge in [0.25, 0.3) is 0 Å². The molecular formula is C13H14BrN3O. The van der Waals surface area contributed by atoms with Crippen molar-refractivity contribution in [2.45, 2.75) is 31.4 Å². The molecule has 0 radical (unpaired) electrons. The number of pyridine rings is 2. The predicted octanol–water partition coefficient (Wildman–Crippen LogP) is 2.72. The quantitative estimate of drug-likeness (QED) is 0.895. The van der Waals surface area contributed by atoms with Gasteiger partial charge in [0, 0.05) is 16.9 Å². The van der Waals surface area contributed by atoms with E-state index in [4.69, 9.17) is 0 Å². The molecule has 0 aliphatic heterocycles. The highest BCUT2D eigenvalue weighted by atomic mass is 79.9. The van der Waals surface area contributed by atoms with Crippen LogP contribution in [-0.2, 0) is 0 Å². The zero-order chi connectivity index (χ0) is 12.5. The number of aliphatic hydroxyl groups is 1. The van der Waals surface area contributed by atoms with Crippen molar-refractivity contribution in [3.8, 4) is 0 Å². The van der Waals surface area contributed by atoms with E-state index in [-0.39, 0.29) is 12.1 Å². The van der Waals surface area contributed by atoms with Crippen molar-refractivity contribution in [2.75, 3.05) is 5.32 Å². The molecular weight excluding hydrogens is 294 g/mol. The standard InChI is InChI=1S/C13H14BrN3O/c14-8-6-11-13(16-7-8)10(4-5-15-11)17-9-2-1-3-12(9)18/h4-7,9,12,18H,1-3H2,(H,15,17). The van der Waals surface area contributed by atoms with Crippen molar-refractivity contribution in [2.24, 2.45) is 0 Å². The van der Waals surface area contributed by atoms with Crippen LogP contribution in [0.15, 0.2) is 29.0 Å². The summed E-state index contributed by atoms with van der Waals surface area (Å²) < 4.78 is 0.917. The lowest BCUT2D eigenvalue weighted by Gasteiger charge is -2.18. The first-order chi connectivity index (χ1) is 8.74. The minimum atomic E-state index is -0.260. The molecule has 2 N–H and O–H groups in total. The third-order valence-electron chi connectivity index (χ3n) is 3.36. The second-order valence-corrected chi connectivity index (χ2v) is 5.54. The van der Waals surface area contributed by atoms with Crippen LogP contribution in [0.2, 0.25) is 0 Å². The van der Waals surface area contributed by atoms with Crippen molar-refractivity contribution in [3.63, 3.8) is 0 Å². The number of fused-ring (bicyclic) bond motifs is 1. The summed E-state index contributed by atoms with van der Waals surface area (Å²) in [7, 11) is 0. The Morgan fingerprint density at radius 1 is 1.33 bits per heavy atom. The summed E-state index contributed by atoms with van der Waals surface area (Å²) in [5.41, 5.74) is 2.64. The summed E-state index contributed by atoms with van der Waals surface area (Å²) in [6.45, 7) is 0. The van der Waals surface area contributed by atoms with E-state index in [0.717, 1.165) is 40.5 Å². The second-order valence-electron chi connectivity index (χ2n) is 4.63. The molecule has 2 unspecified atom stereocenters. The zero-order valence-electron chi connectivity index (χ0n) is 9.81. The maximum Gasteiger partial charge on any atom is 0.112 e. The van der Waals surface area contributed by atoms with Crippen molar-refractivity contribution in [1.29, 1.82) is 0 Å². The van der Waals surface area contributed by atoms with Gasteiger partial charge >= 0.3 is 0 Å². The number of nitrogens with zero attached hydrogens (tertiary/aromatic N) is 2. The number of anilines is 1. The molecule has 1 fully saturated rings. The lowest BCUT2D eigenvalue weighted by atomic mass is 10.2. The molecule has 2 aromatic rings. The van der Waals surface area contributed by atoms with Gasteiger partial charge in [0.05, 0.1) is 23.3 Å². The molecule has 18 heavy (non-hydrogen) atoms. The van der Waals surface area contributed by atoms with Crippen molar-refractivity contribution in [1.82, 2.24) is 9.97 Å². The Labute approximate surface area is 114 Å². The molecule has 2 aromatic heterocycles. The third-order valence-corrected chi connectivity index (χ3v) is 3.80.